The standard InChI is InChI=1S/C12H18N2O3/c1-12(2,17-3)7-14-10-5-4-8(11(15)16)6-9(10)13/h4-6,14H,7,13H2,1-3H3,(H,15,16). The molecule has 17 heavy (non-hydrogen) atoms. The minimum atomic E-state index is -0.986. The van der Waals surface area contributed by atoms with Crippen molar-refractivity contribution in [1.29, 1.82) is 0 Å². The van der Waals surface area contributed by atoms with Gasteiger partial charge >= 0.3 is 5.97 Å². The number of benzene rings is 1. The van der Waals surface area contributed by atoms with Crippen molar-refractivity contribution < 1.29 is 14.6 Å². The molecule has 0 fully saturated rings. The van der Waals surface area contributed by atoms with Crippen molar-refractivity contribution in [1.82, 2.24) is 0 Å². The lowest BCUT2D eigenvalue weighted by Crippen LogP contribution is -2.32. The van der Waals surface area contributed by atoms with Gasteiger partial charge in [-0.15, -0.1) is 0 Å². The van der Waals surface area contributed by atoms with Gasteiger partial charge in [-0.05, 0) is 32.0 Å². The quantitative estimate of drug-likeness (QED) is 0.681. The van der Waals surface area contributed by atoms with Gasteiger partial charge in [0.05, 0.1) is 22.5 Å². The van der Waals surface area contributed by atoms with Crippen molar-refractivity contribution in [3.05, 3.63) is 23.8 Å². The molecule has 5 nitrogen and oxygen atoms in total. The van der Waals surface area contributed by atoms with Gasteiger partial charge in [0.2, 0.25) is 0 Å². The van der Waals surface area contributed by atoms with E-state index in [2.05, 4.69) is 5.32 Å². The normalized spacial score (nSPS) is 11.2. The molecule has 0 aliphatic heterocycles. The summed E-state index contributed by atoms with van der Waals surface area (Å²) in [7, 11) is 1.64. The third kappa shape index (κ3) is 3.64. The Morgan fingerprint density at radius 3 is 2.65 bits per heavy atom. The van der Waals surface area contributed by atoms with Crippen LogP contribution in [0.15, 0.2) is 18.2 Å². The fraction of sp³-hybridized carbons (Fsp3) is 0.417. The van der Waals surface area contributed by atoms with Crippen molar-refractivity contribution in [3.8, 4) is 0 Å². The summed E-state index contributed by atoms with van der Waals surface area (Å²) in [5.74, 6) is -0.986. The van der Waals surface area contributed by atoms with Gasteiger partial charge in [-0.1, -0.05) is 0 Å². The van der Waals surface area contributed by atoms with Crippen molar-refractivity contribution in [2.75, 3.05) is 24.7 Å². The summed E-state index contributed by atoms with van der Waals surface area (Å²) in [6.45, 7) is 4.48. The first kappa shape index (κ1) is 13.3. The Bertz CT molecular complexity index is 416. The van der Waals surface area contributed by atoms with Crippen LogP contribution in [0.1, 0.15) is 24.2 Å². The monoisotopic (exact) mass is 238 g/mol. The molecule has 0 aliphatic rings. The first-order valence-electron chi connectivity index (χ1n) is 5.27. The zero-order valence-electron chi connectivity index (χ0n) is 10.3. The van der Waals surface area contributed by atoms with Crippen LogP contribution in [0, 0.1) is 0 Å². The maximum absolute atomic E-state index is 10.7. The molecular weight excluding hydrogens is 220 g/mol. The number of carboxylic acid groups (broad SMARTS) is 1. The van der Waals surface area contributed by atoms with Crippen LogP contribution in [0.3, 0.4) is 0 Å². The first-order chi connectivity index (χ1) is 7.85. The average Bonchev–Trinajstić information content (AvgIpc) is 2.27. The Morgan fingerprint density at radius 2 is 2.18 bits per heavy atom. The van der Waals surface area contributed by atoms with E-state index < -0.39 is 5.97 Å². The van der Waals surface area contributed by atoms with Crippen LogP contribution in [-0.2, 0) is 4.74 Å². The smallest absolute Gasteiger partial charge is 0.335 e. The first-order valence-corrected chi connectivity index (χ1v) is 5.27. The summed E-state index contributed by atoms with van der Waals surface area (Å²) in [6, 6.07) is 4.61. The number of ether oxygens (including phenoxy) is 1. The highest BCUT2D eigenvalue weighted by Gasteiger charge is 2.16. The number of nitrogens with two attached hydrogens (primary N) is 1. The third-order valence-electron chi connectivity index (χ3n) is 2.56. The van der Waals surface area contributed by atoms with Gasteiger partial charge in [-0.2, -0.15) is 0 Å². The molecule has 0 bridgehead atoms. The Kier molecular flexibility index (Phi) is 3.96. The maximum atomic E-state index is 10.7. The van der Waals surface area contributed by atoms with Crippen LogP contribution in [0.2, 0.25) is 0 Å². The zero-order valence-corrected chi connectivity index (χ0v) is 10.3. The second-order valence-electron chi connectivity index (χ2n) is 4.42. The molecule has 0 amide bonds. The number of rotatable bonds is 5. The lowest BCUT2D eigenvalue weighted by molar-refractivity contribution is 0.0344. The lowest BCUT2D eigenvalue weighted by atomic mass is 10.1. The summed E-state index contributed by atoms with van der Waals surface area (Å²) in [5, 5.41) is 11.9. The highest BCUT2D eigenvalue weighted by molar-refractivity contribution is 5.90. The molecule has 94 valence electrons. The van der Waals surface area contributed by atoms with Gasteiger partial charge in [0.15, 0.2) is 0 Å². The van der Waals surface area contributed by atoms with E-state index in [9.17, 15) is 4.79 Å². The predicted molar refractivity (Wildman–Crippen MR) is 67.4 cm³/mol. The summed E-state index contributed by atoms with van der Waals surface area (Å²) < 4.78 is 5.26. The molecule has 4 N–H and O–H groups in total. The maximum Gasteiger partial charge on any atom is 0.335 e. The molecule has 0 saturated carbocycles. The van der Waals surface area contributed by atoms with Gasteiger partial charge in [0.25, 0.3) is 0 Å². The van der Waals surface area contributed by atoms with Crippen LogP contribution in [0.25, 0.3) is 0 Å². The molecule has 0 unspecified atom stereocenters. The minimum absolute atomic E-state index is 0.180. The van der Waals surface area contributed by atoms with E-state index in [0.717, 1.165) is 0 Å². The number of hydrogen-bond acceptors (Lipinski definition) is 4. The minimum Gasteiger partial charge on any atom is -0.478 e. The van der Waals surface area contributed by atoms with Crippen LogP contribution in [-0.4, -0.2) is 30.3 Å². The number of hydrogen-bond donors (Lipinski definition) is 3. The summed E-state index contributed by atoms with van der Waals surface area (Å²) in [5.41, 5.74) is 6.76. The molecule has 0 aromatic heterocycles. The van der Waals surface area contributed by atoms with E-state index in [0.29, 0.717) is 17.9 Å². The van der Waals surface area contributed by atoms with E-state index >= 15 is 0 Å². The van der Waals surface area contributed by atoms with Crippen LogP contribution in [0.4, 0.5) is 11.4 Å². The molecule has 0 atom stereocenters. The van der Waals surface area contributed by atoms with Gasteiger partial charge in [0.1, 0.15) is 0 Å². The van der Waals surface area contributed by atoms with Crippen molar-refractivity contribution in [2.24, 2.45) is 0 Å². The molecule has 5 heteroatoms. The van der Waals surface area contributed by atoms with Crippen LogP contribution >= 0.6 is 0 Å². The van der Waals surface area contributed by atoms with E-state index in [1.54, 1.807) is 13.2 Å². The second kappa shape index (κ2) is 5.05. The largest absolute Gasteiger partial charge is 0.478 e. The second-order valence-corrected chi connectivity index (χ2v) is 4.42. The van der Waals surface area contributed by atoms with E-state index in [1.807, 2.05) is 13.8 Å². The number of nitrogens with one attached hydrogen (secondary N) is 1. The van der Waals surface area contributed by atoms with E-state index in [4.69, 9.17) is 15.6 Å². The van der Waals surface area contributed by atoms with Gasteiger partial charge in [-0.3, -0.25) is 0 Å². The fourth-order valence-electron chi connectivity index (χ4n) is 1.24. The predicted octanol–water partition coefficient (Wildman–Crippen LogP) is 1.80. The molecule has 1 aromatic carbocycles. The molecule has 1 rings (SSSR count). The average molecular weight is 238 g/mol. The highest BCUT2D eigenvalue weighted by atomic mass is 16.5. The van der Waals surface area contributed by atoms with E-state index in [-0.39, 0.29) is 11.2 Å². The van der Waals surface area contributed by atoms with Crippen molar-refractivity contribution in [3.63, 3.8) is 0 Å². The summed E-state index contributed by atoms with van der Waals surface area (Å²) in [4.78, 5) is 10.7. The molecule has 0 spiro atoms. The van der Waals surface area contributed by atoms with Gasteiger partial charge in [-0.25, -0.2) is 4.79 Å². The topological polar surface area (TPSA) is 84.6 Å². The van der Waals surface area contributed by atoms with Gasteiger partial charge < -0.3 is 20.9 Å². The Hall–Kier alpha value is -1.75. The van der Waals surface area contributed by atoms with Crippen LogP contribution < -0.4 is 11.1 Å². The molecule has 1 aromatic rings. The fourth-order valence-corrected chi connectivity index (χ4v) is 1.24. The summed E-state index contributed by atoms with van der Waals surface area (Å²) in [6.07, 6.45) is 0. The molecule has 0 saturated heterocycles. The number of aromatic carboxylic acids is 1. The Morgan fingerprint density at radius 1 is 1.53 bits per heavy atom. The van der Waals surface area contributed by atoms with Crippen molar-refractivity contribution >= 4 is 17.3 Å². The van der Waals surface area contributed by atoms with Crippen molar-refractivity contribution in [2.45, 2.75) is 19.4 Å². The number of carbonyl (C=O) groups is 1. The summed E-state index contributed by atoms with van der Waals surface area (Å²) >= 11 is 0. The number of methoxy groups -OCH3 is 1. The molecular formula is C12H18N2O3. The number of nitrogen functional groups attached to an aromatic ring is 1. The SMILES string of the molecule is COC(C)(C)CNc1ccc(C(=O)O)cc1N. The zero-order chi connectivity index (χ0) is 13.1. The molecule has 0 radical (unpaired) electrons. The van der Waals surface area contributed by atoms with E-state index in [1.165, 1.54) is 12.1 Å². The molecule has 0 heterocycles. The number of carboxylic acids is 1. The molecule has 0 aliphatic carbocycles. The highest BCUT2D eigenvalue weighted by Crippen LogP contribution is 2.21. The van der Waals surface area contributed by atoms with Crippen LogP contribution in [0.5, 0.6) is 0 Å². The number of anilines is 2. The Labute approximate surface area is 101 Å². The lowest BCUT2D eigenvalue weighted by Gasteiger charge is -2.24. The van der Waals surface area contributed by atoms with Gasteiger partial charge in [0, 0.05) is 13.7 Å². The third-order valence-corrected chi connectivity index (χ3v) is 2.56. The Balaban J connectivity index is 2.77.